The van der Waals surface area contributed by atoms with Crippen molar-refractivity contribution in [3.8, 4) is 5.75 Å². The number of carbonyl (C=O) groups excluding carboxylic acids is 1. The van der Waals surface area contributed by atoms with Crippen LogP contribution in [-0.4, -0.2) is 15.7 Å². The number of nitrogens with zero attached hydrogens (tertiary/aromatic N) is 2. The van der Waals surface area contributed by atoms with Gasteiger partial charge in [0.15, 0.2) is 5.82 Å². The summed E-state index contributed by atoms with van der Waals surface area (Å²) >= 11 is 6.22. The minimum absolute atomic E-state index is 0.202. The quantitative estimate of drug-likeness (QED) is 0.350. The normalized spacial score (nSPS) is 10.8. The van der Waals surface area contributed by atoms with Gasteiger partial charge >= 0.3 is 0 Å². The number of carbonyl (C=O) groups is 1. The monoisotopic (exact) mass is 459 g/mol. The van der Waals surface area contributed by atoms with E-state index in [-0.39, 0.29) is 5.91 Å². The van der Waals surface area contributed by atoms with E-state index in [2.05, 4.69) is 41.6 Å². The minimum Gasteiger partial charge on any atom is -0.489 e. The topological polar surface area (TPSA) is 56.2 Å². The van der Waals surface area contributed by atoms with Crippen molar-refractivity contribution in [2.24, 2.45) is 0 Å². The molecule has 0 atom stereocenters. The number of aryl methyl sites for hydroxylation is 3. The van der Waals surface area contributed by atoms with Crippen molar-refractivity contribution in [1.29, 1.82) is 0 Å². The van der Waals surface area contributed by atoms with E-state index in [1.807, 2.05) is 44.3 Å². The maximum Gasteiger partial charge on any atom is 0.256 e. The molecule has 0 radical (unpaired) electrons. The van der Waals surface area contributed by atoms with Gasteiger partial charge in [0.05, 0.1) is 6.54 Å². The van der Waals surface area contributed by atoms with Crippen molar-refractivity contribution >= 4 is 23.3 Å². The Morgan fingerprint density at radius 3 is 2.24 bits per heavy atom. The third kappa shape index (κ3) is 5.82. The lowest BCUT2D eigenvalue weighted by molar-refractivity contribution is 0.102. The summed E-state index contributed by atoms with van der Waals surface area (Å²) in [5.41, 5.74) is 5.88. The van der Waals surface area contributed by atoms with Gasteiger partial charge in [0, 0.05) is 22.8 Å². The largest absolute Gasteiger partial charge is 0.489 e. The summed E-state index contributed by atoms with van der Waals surface area (Å²) in [4.78, 5) is 12.6. The second-order valence-electron chi connectivity index (χ2n) is 8.19. The van der Waals surface area contributed by atoms with E-state index in [9.17, 15) is 4.79 Å². The molecule has 1 amide bonds. The maximum atomic E-state index is 12.6. The average Bonchev–Trinajstić information content (AvgIpc) is 3.24. The van der Waals surface area contributed by atoms with E-state index in [4.69, 9.17) is 16.3 Å². The third-order valence-electron chi connectivity index (χ3n) is 5.38. The lowest BCUT2D eigenvalue weighted by Gasteiger charge is -2.10. The first-order valence-electron chi connectivity index (χ1n) is 10.8. The zero-order valence-corrected chi connectivity index (χ0v) is 19.7. The fraction of sp³-hybridized carbons (Fsp3) is 0.185. The maximum absolute atomic E-state index is 12.6. The van der Waals surface area contributed by atoms with Crippen molar-refractivity contribution in [3.05, 3.63) is 111 Å². The van der Waals surface area contributed by atoms with E-state index in [1.54, 1.807) is 22.9 Å². The van der Waals surface area contributed by atoms with Crippen molar-refractivity contribution < 1.29 is 9.53 Å². The number of halogens is 1. The summed E-state index contributed by atoms with van der Waals surface area (Å²) in [5, 5.41) is 8.07. The van der Waals surface area contributed by atoms with Crippen LogP contribution in [0.25, 0.3) is 0 Å². The Bertz CT molecular complexity index is 1240. The Morgan fingerprint density at radius 2 is 1.58 bits per heavy atom. The van der Waals surface area contributed by atoms with Crippen LogP contribution in [-0.2, 0) is 13.2 Å². The van der Waals surface area contributed by atoms with Gasteiger partial charge in [-0.05, 0) is 67.3 Å². The van der Waals surface area contributed by atoms with Gasteiger partial charge < -0.3 is 10.1 Å². The van der Waals surface area contributed by atoms with Crippen LogP contribution in [0.15, 0.2) is 72.9 Å². The molecule has 0 saturated carbocycles. The smallest absolute Gasteiger partial charge is 0.256 e. The van der Waals surface area contributed by atoms with Crippen molar-refractivity contribution in [2.45, 2.75) is 33.9 Å². The van der Waals surface area contributed by atoms with E-state index < -0.39 is 0 Å². The summed E-state index contributed by atoms with van der Waals surface area (Å²) in [6, 6.07) is 21.3. The van der Waals surface area contributed by atoms with Crippen molar-refractivity contribution in [3.63, 3.8) is 0 Å². The standard InChI is InChI=1S/C27H26ClN3O2/c1-18-4-6-21(7-5-18)16-31-13-12-25(30-31)29-27(32)23-10-8-22(9-11-23)17-33-24-14-19(2)26(28)20(3)15-24/h4-15H,16-17H2,1-3H3,(H,29,30,32). The lowest BCUT2D eigenvalue weighted by Crippen LogP contribution is -2.13. The van der Waals surface area contributed by atoms with Gasteiger partial charge in [-0.2, -0.15) is 5.10 Å². The second-order valence-corrected chi connectivity index (χ2v) is 8.57. The third-order valence-corrected chi connectivity index (χ3v) is 5.98. The molecular weight excluding hydrogens is 434 g/mol. The van der Waals surface area contributed by atoms with Crippen LogP contribution in [0.2, 0.25) is 5.02 Å². The molecule has 33 heavy (non-hydrogen) atoms. The van der Waals surface area contributed by atoms with Crippen LogP contribution in [0.1, 0.15) is 38.2 Å². The van der Waals surface area contributed by atoms with Gasteiger partial charge in [0.2, 0.25) is 0 Å². The molecule has 0 saturated heterocycles. The van der Waals surface area contributed by atoms with Crippen molar-refractivity contribution in [2.75, 3.05) is 5.32 Å². The first kappa shape index (κ1) is 22.6. The summed E-state index contributed by atoms with van der Waals surface area (Å²) in [5.74, 6) is 1.09. The first-order chi connectivity index (χ1) is 15.9. The van der Waals surface area contributed by atoms with E-state index >= 15 is 0 Å². The summed E-state index contributed by atoms with van der Waals surface area (Å²) in [6.45, 7) is 7.04. The number of hydrogen-bond donors (Lipinski definition) is 1. The van der Waals surface area contributed by atoms with Crippen LogP contribution < -0.4 is 10.1 Å². The number of aromatic nitrogens is 2. The number of nitrogens with one attached hydrogen (secondary N) is 1. The molecule has 0 aliphatic carbocycles. The summed E-state index contributed by atoms with van der Waals surface area (Å²) in [7, 11) is 0. The molecule has 0 aliphatic rings. The van der Waals surface area contributed by atoms with Gasteiger partial charge in [-0.15, -0.1) is 0 Å². The van der Waals surface area contributed by atoms with E-state index in [0.29, 0.717) is 24.5 Å². The number of hydrogen-bond acceptors (Lipinski definition) is 3. The molecule has 168 valence electrons. The van der Waals surface area contributed by atoms with Gasteiger partial charge in [-0.3, -0.25) is 9.48 Å². The Balaban J connectivity index is 1.33. The molecule has 0 bridgehead atoms. The number of benzene rings is 3. The number of anilines is 1. The van der Waals surface area contributed by atoms with Gasteiger partial charge in [0.25, 0.3) is 5.91 Å². The van der Waals surface area contributed by atoms with Crippen LogP contribution in [0, 0.1) is 20.8 Å². The fourth-order valence-corrected chi connectivity index (χ4v) is 3.60. The van der Waals surface area contributed by atoms with Crippen LogP contribution in [0.3, 0.4) is 0 Å². The Kier molecular flexibility index (Phi) is 6.80. The SMILES string of the molecule is Cc1ccc(Cn2ccc(NC(=O)c3ccc(COc4cc(C)c(Cl)c(C)c4)cc3)n2)cc1. The Labute approximate surface area is 199 Å². The molecule has 0 unspecified atom stereocenters. The summed E-state index contributed by atoms with van der Waals surface area (Å²) < 4.78 is 7.70. The highest BCUT2D eigenvalue weighted by Crippen LogP contribution is 2.26. The van der Waals surface area contributed by atoms with E-state index in [1.165, 1.54) is 5.56 Å². The number of ether oxygens (including phenoxy) is 1. The van der Waals surface area contributed by atoms with Gasteiger partial charge in [-0.25, -0.2) is 0 Å². The lowest BCUT2D eigenvalue weighted by atomic mass is 10.1. The van der Waals surface area contributed by atoms with Crippen LogP contribution in [0.5, 0.6) is 5.75 Å². The molecule has 0 fully saturated rings. The molecule has 1 N–H and O–H groups in total. The first-order valence-corrected chi connectivity index (χ1v) is 11.1. The molecule has 4 aromatic rings. The van der Waals surface area contributed by atoms with Crippen molar-refractivity contribution in [1.82, 2.24) is 9.78 Å². The summed E-state index contributed by atoms with van der Waals surface area (Å²) in [6.07, 6.45) is 1.86. The predicted octanol–water partition coefficient (Wildman–Crippen LogP) is 6.34. The Morgan fingerprint density at radius 1 is 0.939 bits per heavy atom. The van der Waals surface area contributed by atoms with Crippen LogP contribution in [0.4, 0.5) is 5.82 Å². The zero-order chi connectivity index (χ0) is 23.4. The molecule has 1 aromatic heterocycles. The van der Waals surface area contributed by atoms with E-state index in [0.717, 1.165) is 33.0 Å². The average molecular weight is 460 g/mol. The number of amides is 1. The molecule has 6 heteroatoms. The Hall–Kier alpha value is -3.57. The highest BCUT2D eigenvalue weighted by molar-refractivity contribution is 6.32. The number of rotatable bonds is 7. The molecular formula is C27H26ClN3O2. The second kappa shape index (κ2) is 9.92. The van der Waals surface area contributed by atoms with Gasteiger partial charge in [-0.1, -0.05) is 53.6 Å². The molecule has 3 aromatic carbocycles. The predicted molar refractivity (Wildman–Crippen MR) is 132 cm³/mol. The molecule has 0 aliphatic heterocycles. The molecule has 0 spiro atoms. The molecule has 1 heterocycles. The zero-order valence-electron chi connectivity index (χ0n) is 18.9. The highest BCUT2D eigenvalue weighted by Gasteiger charge is 2.09. The highest BCUT2D eigenvalue weighted by atomic mass is 35.5. The minimum atomic E-state index is -0.202. The van der Waals surface area contributed by atoms with Crippen LogP contribution >= 0.6 is 11.6 Å². The van der Waals surface area contributed by atoms with Gasteiger partial charge in [0.1, 0.15) is 12.4 Å². The molecule has 5 nitrogen and oxygen atoms in total. The molecule has 4 rings (SSSR count). The fourth-order valence-electron chi connectivity index (χ4n) is 3.49.